The third-order valence-electron chi connectivity index (χ3n) is 5.20. The van der Waals surface area contributed by atoms with Crippen molar-refractivity contribution in [2.45, 2.75) is 11.8 Å². The summed E-state index contributed by atoms with van der Waals surface area (Å²) in [6.45, 7) is 1.07. The third kappa shape index (κ3) is 5.82. The molecule has 4 aromatic rings. The van der Waals surface area contributed by atoms with Crippen LogP contribution < -0.4 is 10.0 Å². The number of nitrogens with one attached hydrogen (secondary N) is 2. The van der Waals surface area contributed by atoms with Crippen molar-refractivity contribution in [2.24, 2.45) is 0 Å². The fourth-order valence-corrected chi connectivity index (χ4v) is 4.48. The molecule has 0 aliphatic carbocycles. The second-order valence-corrected chi connectivity index (χ2v) is 9.46. The van der Waals surface area contributed by atoms with Crippen LogP contribution in [0.25, 0.3) is 10.8 Å². The van der Waals surface area contributed by atoms with Crippen LogP contribution in [0, 0.1) is 12.7 Å². The Kier molecular flexibility index (Phi) is 6.79. The Morgan fingerprint density at radius 3 is 2.29 bits per heavy atom. The topological polar surface area (TPSA) is 102 Å². The molecule has 0 aliphatic rings. The number of hydrogen-bond acceptors (Lipinski definition) is 5. The molecule has 4 aromatic carbocycles. The number of benzene rings is 4. The minimum absolute atomic E-state index is 0.00508. The van der Waals surface area contributed by atoms with Gasteiger partial charge < -0.3 is 10.1 Å². The molecular formula is C26H21FN2O5S. The van der Waals surface area contributed by atoms with E-state index in [1.807, 2.05) is 36.4 Å². The van der Waals surface area contributed by atoms with Crippen molar-refractivity contribution in [3.63, 3.8) is 0 Å². The van der Waals surface area contributed by atoms with Gasteiger partial charge in [-0.1, -0.05) is 36.4 Å². The first-order valence-electron chi connectivity index (χ1n) is 10.6. The van der Waals surface area contributed by atoms with Crippen LogP contribution in [0.5, 0.6) is 0 Å². The summed E-state index contributed by atoms with van der Waals surface area (Å²) in [5.74, 6) is -1.87. The first-order chi connectivity index (χ1) is 16.7. The molecule has 35 heavy (non-hydrogen) atoms. The number of carbonyl (C=O) groups excluding carboxylic acids is 2. The van der Waals surface area contributed by atoms with Crippen LogP contribution in [0.15, 0.2) is 89.8 Å². The van der Waals surface area contributed by atoms with Crippen molar-refractivity contribution in [1.29, 1.82) is 0 Å². The maximum Gasteiger partial charge on any atom is 0.338 e. The lowest BCUT2D eigenvalue weighted by Crippen LogP contribution is -2.21. The Hall–Kier alpha value is -4.24. The van der Waals surface area contributed by atoms with Crippen LogP contribution in [-0.4, -0.2) is 26.9 Å². The first-order valence-corrected chi connectivity index (χ1v) is 12.0. The highest BCUT2D eigenvalue weighted by molar-refractivity contribution is 7.92. The second-order valence-electron chi connectivity index (χ2n) is 7.78. The molecule has 0 bridgehead atoms. The molecule has 0 unspecified atom stereocenters. The van der Waals surface area contributed by atoms with Crippen LogP contribution in [0.4, 0.5) is 15.8 Å². The van der Waals surface area contributed by atoms with Crippen molar-refractivity contribution < 1.29 is 27.1 Å². The molecule has 7 nitrogen and oxygen atoms in total. The van der Waals surface area contributed by atoms with Gasteiger partial charge in [-0.3, -0.25) is 9.52 Å². The van der Waals surface area contributed by atoms with Crippen molar-refractivity contribution in [1.82, 2.24) is 0 Å². The van der Waals surface area contributed by atoms with E-state index in [0.717, 1.165) is 22.9 Å². The number of aryl methyl sites for hydroxylation is 1. The zero-order valence-electron chi connectivity index (χ0n) is 18.6. The predicted molar refractivity (Wildman–Crippen MR) is 131 cm³/mol. The van der Waals surface area contributed by atoms with E-state index in [2.05, 4.69) is 10.0 Å². The number of sulfonamides is 1. The molecule has 0 spiro atoms. The summed E-state index contributed by atoms with van der Waals surface area (Å²) in [4.78, 5) is 24.7. The molecule has 0 aliphatic heterocycles. The molecule has 0 saturated heterocycles. The Bertz CT molecular complexity index is 1520. The van der Waals surface area contributed by atoms with Gasteiger partial charge in [-0.25, -0.2) is 17.6 Å². The molecule has 1 amide bonds. The van der Waals surface area contributed by atoms with Gasteiger partial charge in [0.15, 0.2) is 6.61 Å². The molecule has 178 valence electrons. The Morgan fingerprint density at radius 1 is 0.857 bits per heavy atom. The number of fused-ring (bicyclic) bond motifs is 1. The number of esters is 1. The molecule has 4 rings (SSSR count). The SMILES string of the molecule is Cc1ccc(S(=O)(=O)Nc2ccc(F)cc2)cc1C(=O)OCC(=O)Nc1ccc2ccccc2c1. The molecule has 0 heterocycles. The van der Waals surface area contributed by atoms with Gasteiger partial charge in [0, 0.05) is 11.4 Å². The van der Waals surface area contributed by atoms with Crippen LogP contribution >= 0.6 is 0 Å². The molecule has 0 radical (unpaired) electrons. The van der Waals surface area contributed by atoms with Gasteiger partial charge in [0.2, 0.25) is 0 Å². The van der Waals surface area contributed by atoms with E-state index in [1.165, 1.54) is 30.3 Å². The molecule has 0 fully saturated rings. The summed E-state index contributed by atoms with van der Waals surface area (Å²) in [5.41, 5.74) is 1.21. The summed E-state index contributed by atoms with van der Waals surface area (Å²) >= 11 is 0. The smallest absolute Gasteiger partial charge is 0.338 e. The summed E-state index contributed by atoms with van der Waals surface area (Å²) in [6, 6.07) is 21.9. The monoisotopic (exact) mass is 492 g/mol. The van der Waals surface area contributed by atoms with E-state index in [0.29, 0.717) is 11.3 Å². The van der Waals surface area contributed by atoms with Crippen molar-refractivity contribution >= 4 is 44.0 Å². The molecule has 0 saturated carbocycles. The second kappa shape index (κ2) is 9.94. The van der Waals surface area contributed by atoms with Crippen molar-refractivity contribution in [3.8, 4) is 0 Å². The molecule has 2 N–H and O–H groups in total. The number of halogens is 1. The average Bonchev–Trinajstić information content (AvgIpc) is 2.84. The summed E-state index contributed by atoms with van der Waals surface area (Å²) < 4.78 is 46.0. The molecule has 0 aromatic heterocycles. The van der Waals surface area contributed by atoms with E-state index in [-0.39, 0.29) is 16.1 Å². The highest BCUT2D eigenvalue weighted by atomic mass is 32.2. The predicted octanol–water partition coefficient (Wildman–Crippen LogP) is 4.88. The zero-order valence-corrected chi connectivity index (χ0v) is 19.4. The van der Waals surface area contributed by atoms with Gasteiger partial charge in [-0.2, -0.15) is 0 Å². The minimum Gasteiger partial charge on any atom is -0.452 e. The van der Waals surface area contributed by atoms with Crippen molar-refractivity contribution in [2.75, 3.05) is 16.6 Å². The van der Waals surface area contributed by atoms with Crippen LogP contribution in [0.2, 0.25) is 0 Å². The van der Waals surface area contributed by atoms with Gasteiger partial charge in [0.25, 0.3) is 15.9 Å². The minimum atomic E-state index is -4.05. The lowest BCUT2D eigenvalue weighted by molar-refractivity contribution is -0.119. The van der Waals surface area contributed by atoms with E-state index < -0.39 is 34.3 Å². The van der Waals surface area contributed by atoms with E-state index in [9.17, 15) is 22.4 Å². The number of ether oxygens (including phenoxy) is 1. The fourth-order valence-electron chi connectivity index (χ4n) is 3.39. The zero-order chi connectivity index (χ0) is 25.0. The van der Waals surface area contributed by atoms with E-state index >= 15 is 0 Å². The van der Waals surface area contributed by atoms with E-state index in [1.54, 1.807) is 13.0 Å². The average molecular weight is 493 g/mol. The third-order valence-corrected chi connectivity index (χ3v) is 6.58. The summed E-state index contributed by atoms with van der Waals surface area (Å²) in [6.07, 6.45) is 0. The summed E-state index contributed by atoms with van der Waals surface area (Å²) in [7, 11) is -4.05. The van der Waals surface area contributed by atoms with Crippen LogP contribution in [0.3, 0.4) is 0 Å². The van der Waals surface area contributed by atoms with Gasteiger partial charge in [0.05, 0.1) is 10.5 Å². The van der Waals surface area contributed by atoms with E-state index in [4.69, 9.17) is 4.74 Å². The maximum atomic E-state index is 13.1. The number of anilines is 2. The molecule has 9 heteroatoms. The normalized spacial score (nSPS) is 11.1. The summed E-state index contributed by atoms with van der Waals surface area (Å²) in [5, 5.41) is 4.65. The largest absolute Gasteiger partial charge is 0.452 e. The molecular weight excluding hydrogens is 471 g/mol. The number of hydrogen-bond donors (Lipinski definition) is 2. The Morgan fingerprint density at radius 2 is 1.54 bits per heavy atom. The fraction of sp³-hybridized carbons (Fsp3) is 0.0769. The highest BCUT2D eigenvalue weighted by Gasteiger charge is 2.20. The van der Waals surface area contributed by atoms with Crippen LogP contribution in [-0.2, 0) is 19.6 Å². The Labute approximate surface area is 201 Å². The van der Waals surface area contributed by atoms with Gasteiger partial charge in [-0.15, -0.1) is 0 Å². The van der Waals surface area contributed by atoms with Crippen LogP contribution in [0.1, 0.15) is 15.9 Å². The quantitative estimate of drug-likeness (QED) is 0.358. The number of rotatable bonds is 7. The maximum absolute atomic E-state index is 13.1. The Balaban J connectivity index is 1.42. The lowest BCUT2D eigenvalue weighted by Gasteiger charge is -2.12. The molecule has 0 atom stereocenters. The van der Waals surface area contributed by atoms with Gasteiger partial charge in [0.1, 0.15) is 5.82 Å². The number of amides is 1. The van der Waals surface area contributed by atoms with Gasteiger partial charge in [-0.05, 0) is 71.8 Å². The standard InChI is InChI=1S/C26H21FN2O5S/c1-17-6-13-23(35(32,33)29-21-11-8-20(27)9-12-21)15-24(17)26(31)34-16-25(30)28-22-10-7-18-4-2-3-5-19(18)14-22/h2-15,29H,16H2,1H3,(H,28,30). The van der Waals surface area contributed by atoms with Gasteiger partial charge >= 0.3 is 5.97 Å². The van der Waals surface area contributed by atoms with Crippen molar-refractivity contribution in [3.05, 3.63) is 102 Å². The lowest BCUT2D eigenvalue weighted by atomic mass is 10.1. The highest BCUT2D eigenvalue weighted by Crippen LogP contribution is 2.21. The number of carbonyl (C=O) groups is 2. The first kappa shape index (κ1) is 23.9.